The Bertz CT molecular complexity index is 1290. The van der Waals surface area contributed by atoms with Gasteiger partial charge < -0.3 is 11.5 Å². The summed E-state index contributed by atoms with van der Waals surface area (Å²) in [4.78, 5) is 0. The minimum absolute atomic E-state index is 0.517. The average molecular weight is 411 g/mol. The van der Waals surface area contributed by atoms with Crippen molar-refractivity contribution in [1.29, 1.82) is 0 Å². The van der Waals surface area contributed by atoms with Crippen LogP contribution in [0, 0.1) is 0 Å². The van der Waals surface area contributed by atoms with Crippen molar-refractivity contribution in [1.82, 2.24) is 0 Å². The Morgan fingerprint density at radius 3 is 2.37 bits per heavy atom. The lowest BCUT2D eigenvalue weighted by molar-refractivity contribution is 1.07. The molecule has 0 fully saturated rings. The summed E-state index contributed by atoms with van der Waals surface area (Å²) in [6.45, 7) is 7.09. The van der Waals surface area contributed by atoms with Crippen LogP contribution in [0.3, 0.4) is 0 Å². The summed E-state index contributed by atoms with van der Waals surface area (Å²) in [7, 11) is 0. The van der Waals surface area contributed by atoms with Gasteiger partial charge in [-0.2, -0.15) is 0 Å². The van der Waals surface area contributed by atoms with Gasteiger partial charge in [0.05, 0.1) is 0 Å². The predicted octanol–water partition coefficient (Wildman–Crippen LogP) is 6.65. The molecule has 0 radical (unpaired) electrons. The van der Waals surface area contributed by atoms with Crippen LogP contribution in [-0.4, -0.2) is 6.54 Å². The molecule has 0 aliphatic rings. The highest BCUT2D eigenvalue weighted by atomic mass is 32.1. The van der Waals surface area contributed by atoms with Gasteiger partial charge in [-0.3, -0.25) is 0 Å². The van der Waals surface area contributed by atoms with E-state index < -0.39 is 0 Å². The van der Waals surface area contributed by atoms with Crippen LogP contribution in [0.25, 0.3) is 36.9 Å². The molecule has 0 aliphatic heterocycles. The van der Waals surface area contributed by atoms with E-state index in [0.29, 0.717) is 13.1 Å². The molecule has 0 saturated carbocycles. The zero-order valence-corrected chi connectivity index (χ0v) is 18.0. The van der Waals surface area contributed by atoms with Crippen molar-refractivity contribution >= 4 is 37.1 Å². The lowest BCUT2D eigenvalue weighted by atomic mass is 9.98. The standard InChI is InChI=1S/C27H26N2S/c1-3-18(16-28)12-20(4-2)22-8-10-26-24(14-22)25-15-23(9-11-27(25)30-26)21-7-5-6-19(13-21)17-29/h3-15H,2,16-17,28-29H2,1H3/b18-3+,20-12+. The Kier molecular flexibility index (Phi) is 5.96. The van der Waals surface area contributed by atoms with Crippen LogP contribution in [0.5, 0.6) is 0 Å². The lowest BCUT2D eigenvalue weighted by Gasteiger charge is -2.06. The van der Waals surface area contributed by atoms with Gasteiger partial charge in [0.15, 0.2) is 0 Å². The first-order valence-electron chi connectivity index (χ1n) is 10.1. The fourth-order valence-electron chi connectivity index (χ4n) is 3.73. The van der Waals surface area contributed by atoms with E-state index in [0.717, 1.165) is 22.3 Å². The van der Waals surface area contributed by atoms with Gasteiger partial charge in [0.1, 0.15) is 0 Å². The zero-order chi connectivity index (χ0) is 21.1. The number of allylic oxidation sites excluding steroid dienone is 3. The average Bonchev–Trinajstić information content (AvgIpc) is 3.17. The molecular weight excluding hydrogens is 384 g/mol. The molecule has 150 valence electrons. The molecular formula is C27H26N2S. The summed E-state index contributed by atoms with van der Waals surface area (Å²) in [5.41, 5.74) is 18.6. The molecule has 30 heavy (non-hydrogen) atoms. The largest absolute Gasteiger partial charge is 0.327 e. The van der Waals surface area contributed by atoms with Gasteiger partial charge >= 0.3 is 0 Å². The van der Waals surface area contributed by atoms with Gasteiger partial charge in [-0.25, -0.2) is 0 Å². The van der Waals surface area contributed by atoms with Crippen molar-refractivity contribution < 1.29 is 0 Å². The normalized spacial score (nSPS) is 12.6. The first-order valence-corrected chi connectivity index (χ1v) is 10.9. The van der Waals surface area contributed by atoms with Gasteiger partial charge in [-0.05, 0) is 70.7 Å². The van der Waals surface area contributed by atoms with Gasteiger partial charge in [-0.1, -0.05) is 55.1 Å². The molecule has 0 amide bonds. The van der Waals surface area contributed by atoms with E-state index in [1.807, 2.05) is 30.4 Å². The summed E-state index contributed by atoms with van der Waals surface area (Å²) in [5.74, 6) is 0. The maximum Gasteiger partial charge on any atom is 0.0355 e. The molecule has 0 spiro atoms. The Labute approximate surface area is 181 Å². The first-order chi connectivity index (χ1) is 14.7. The van der Waals surface area contributed by atoms with Crippen LogP contribution in [0.15, 0.2) is 91.0 Å². The third-order valence-electron chi connectivity index (χ3n) is 5.47. The molecule has 2 nitrogen and oxygen atoms in total. The van der Waals surface area contributed by atoms with E-state index in [-0.39, 0.29) is 0 Å². The maximum absolute atomic E-state index is 5.85. The third kappa shape index (κ3) is 3.88. The number of benzene rings is 3. The highest BCUT2D eigenvalue weighted by molar-refractivity contribution is 7.25. The maximum atomic E-state index is 5.85. The summed E-state index contributed by atoms with van der Waals surface area (Å²) < 4.78 is 2.58. The van der Waals surface area contributed by atoms with Crippen LogP contribution in [0.1, 0.15) is 18.1 Å². The van der Waals surface area contributed by atoms with Crippen LogP contribution >= 0.6 is 11.3 Å². The van der Waals surface area contributed by atoms with Gasteiger partial charge in [0.25, 0.3) is 0 Å². The van der Waals surface area contributed by atoms with Crippen molar-refractivity contribution in [2.75, 3.05) is 6.54 Å². The lowest BCUT2D eigenvalue weighted by Crippen LogP contribution is -2.01. The molecule has 1 aromatic heterocycles. The van der Waals surface area contributed by atoms with Crippen molar-refractivity contribution in [3.8, 4) is 11.1 Å². The van der Waals surface area contributed by atoms with Crippen molar-refractivity contribution in [2.45, 2.75) is 13.5 Å². The van der Waals surface area contributed by atoms with E-state index in [2.05, 4.69) is 73.3 Å². The Balaban J connectivity index is 1.86. The number of hydrogen-bond donors (Lipinski definition) is 2. The molecule has 3 aromatic carbocycles. The van der Waals surface area contributed by atoms with E-state index in [4.69, 9.17) is 11.5 Å². The quantitative estimate of drug-likeness (QED) is 0.349. The fraction of sp³-hybridized carbons (Fsp3) is 0.111. The van der Waals surface area contributed by atoms with Crippen LogP contribution < -0.4 is 11.5 Å². The highest BCUT2D eigenvalue weighted by Crippen LogP contribution is 2.38. The molecule has 3 heteroatoms. The van der Waals surface area contributed by atoms with Crippen molar-refractivity contribution in [3.05, 3.63) is 102 Å². The van der Waals surface area contributed by atoms with E-state index in [1.165, 1.54) is 31.3 Å². The monoisotopic (exact) mass is 410 g/mol. The summed E-state index contributed by atoms with van der Waals surface area (Å²) in [6, 6.07) is 21.8. The van der Waals surface area contributed by atoms with Gasteiger partial charge in [0, 0.05) is 33.3 Å². The minimum atomic E-state index is 0.517. The topological polar surface area (TPSA) is 52.0 Å². The molecule has 0 aliphatic carbocycles. The van der Waals surface area contributed by atoms with E-state index in [9.17, 15) is 0 Å². The molecule has 0 saturated heterocycles. The second kappa shape index (κ2) is 8.80. The summed E-state index contributed by atoms with van der Waals surface area (Å²) >= 11 is 1.83. The molecule has 4 rings (SSSR count). The Morgan fingerprint density at radius 1 is 0.933 bits per heavy atom. The van der Waals surface area contributed by atoms with Gasteiger partial charge in [-0.15, -0.1) is 11.3 Å². The van der Waals surface area contributed by atoms with Crippen LogP contribution in [-0.2, 0) is 6.54 Å². The van der Waals surface area contributed by atoms with Crippen molar-refractivity contribution in [3.63, 3.8) is 0 Å². The number of hydrogen-bond acceptors (Lipinski definition) is 3. The van der Waals surface area contributed by atoms with Crippen LogP contribution in [0.2, 0.25) is 0 Å². The molecule has 0 bridgehead atoms. The number of rotatable bonds is 6. The molecule has 4 aromatic rings. The SMILES string of the molecule is C=C/C(=C\C(=C/C)CN)c1ccc2sc3ccc(-c4cccc(CN)c4)cc3c2c1. The molecule has 4 N–H and O–H groups in total. The first kappa shape index (κ1) is 20.3. The summed E-state index contributed by atoms with van der Waals surface area (Å²) in [6.07, 6.45) is 6.06. The second-order valence-corrected chi connectivity index (χ2v) is 8.38. The number of thiophene rings is 1. The second-order valence-electron chi connectivity index (χ2n) is 7.30. The number of fused-ring (bicyclic) bond motifs is 3. The predicted molar refractivity (Wildman–Crippen MR) is 134 cm³/mol. The summed E-state index contributed by atoms with van der Waals surface area (Å²) in [5, 5.41) is 2.55. The fourth-order valence-corrected chi connectivity index (χ4v) is 4.80. The third-order valence-corrected chi connectivity index (χ3v) is 6.62. The van der Waals surface area contributed by atoms with Crippen LogP contribution in [0.4, 0.5) is 0 Å². The van der Waals surface area contributed by atoms with E-state index >= 15 is 0 Å². The molecule has 0 atom stereocenters. The molecule has 1 heterocycles. The zero-order valence-electron chi connectivity index (χ0n) is 17.2. The number of nitrogens with two attached hydrogens (primary N) is 2. The molecule has 0 unspecified atom stereocenters. The highest BCUT2D eigenvalue weighted by Gasteiger charge is 2.09. The van der Waals surface area contributed by atoms with Gasteiger partial charge in [0.2, 0.25) is 0 Å². The van der Waals surface area contributed by atoms with E-state index in [1.54, 1.807) is 0 Å². The Morgan fingerprint density at radius 2 is 1.67 bits per heavy atom. The minimum Gasteiger partial charge on any atom is -0.327 e. The Hall–Kier alpha value is -2.98. The van der Waals surface area contributed by atoms with Crippen molar-refractivity contribution in [2.24, 2.45) is 11.5 Å². The smallest absolute Gasteiger partial charge is 0.0355 e.